The molecule has 2 saturated carbocycles. The first kappa shape index (κ1) is 12.2. The van der Waals surface area contributed by atoms with Crippen LogP contribution in [0.5, 0.6) is 5.75 Å². The number of phenolic OH excluding ortho intramolecular Hbond substituents is 1. The first-order valence-electron chi connectivity index (χ1n) is 6.80. The fourth-order valence-electron chi connectivity index (χ4n) is 3.19. The minimum Gasteiger partial charge on any atom is -0.507 e. The number of hydrogen-bond donors (Lipinski definition) is 2. The standard InChI is InChI=1S/C15H18N2O2/c1-9-3-2-4-12(14(9)18)15(19)17-16-13-8-10-5-6-11(13)7-10/h2-4,10-11,18H,5-8H2,1H3,(H,17,19)/b16-13-/t10-,11+/m1/s1. The molecule has 2 aliphatic rings. The van der Waals surface area contributed by atoms with Crippen LogP contribution in [-0.2, 0) is 0 Å². The number of hydrazone groups is 1. The predicted octanol–water partition coefficient (Wildman–Crippen LogP) is 2.61. The lowest BCUT2D eigenvalue weighted by atomic mass is 9.99. The molecule has 0 saturated heterocycles. The molecular weight excluding hydrogens is 240 g/mol. The number of amides is 1. The van der Waals surface area contributed by atoms with Crippen molar-refractivity contribution in [3.05, 3.63) is 29.3 Å². The van der Waals surface area contributed by atoms with Gasteiger partial charge in [-0.15, -0.1) is 0 Å². The smallest absolute Gasteiger partial charge is 0.275 e. The molecule has 0 unspecified atom stereocenters. The van der Waals surface area contributed by atoms with E-state index >= 15 is 0 Å². The van der Waals surface area contributed by atoms with E-state index in [2.05, 4.69) is 10.5 Å². The SMILES string of the molecule is Cc1cccc(C(=O)N/N=C2/C[C@@H]3CC[C@H]2C3)c1O. The summed E-state index contributed by atoms with van der Waals surface area (Å²) in [4.78, 5) is 12.0. The molecule has 3 rings (SSSR count). The quantitative estimate of drug-likeness (QED) is 0.801. The van der Waals surface area contributed by atoms with Crippen LogP contribution in [0, 0.1) is 18.8 Å². The molecule has 4 nitrogen and oxygen atoms in total. The summed E-state index contributed by atoms with van der Waals surface area (Å²) in [5.74, 6) is 1.04. The Morgan fingerprint density at radius 2 is 2.26 bits per heavy atom. The van der Waals surface area contributed by atoms with Gasteiger partial charge < -0.3 is 5.11 Å². The van der Waals surface area contributed by atoms with Gasteiger partial charge >= 0.3 is 0 Å². The third-order valence-electron chi connectivity index (χ3n) is 4.29. The molecule has 0 aromatic heterocycles. The van der Waals surface area contributed by atoms with Crippen molar-refractivity contribution < 1.29 is 9.90 Å². The predicted molar refractivity (Wildman–Crippen MR) is 73.2 cm³/mol. The van der Waals surface area contributed by atoms with Gasteiger partial charge in [-0.05, 0) is 56.1 Å². The first-order chi connectivity index (χ1) is 9.15. The largest absolute Gasteiger partial charge is 0.507 e. The van der Waals surface area contributed by atoms with E-state index in [1.54, 1.807) is 25.1 Å². The Bertz CT molecular complexity index is 551. The van der Waals surface area contributed by atoms with E-state index in [-0.39, 0.29) is 17.2 Å². The summed E-state index contributed by atoms with van der Waals surface area (Å²) in [5, 5.41) is 14.1. The lowest BCUT2D eigenvalue weighted by molar-refractivity contribution is 0.0951. The topological polar surface area (TPSA) is 61.7 Å². The van der Waals surface area contributed by atoms with Crippen LogP contribution in [-0.4, -0.2) is 16.7 Å². The highest BCUT2D eigenvalue weighted by atomic mass is 16.3. The van der Waals surface area contributed by atoms with Crippen LogP contribution in [0.25, 0.3) is 0 Å². The lowest BCUT2D eigenvalue weighted by Gasteiger charge is -2.12. The zero-order chi connectivity index (χ0) is 13.4. The van der Waals surface area contributed by atoms with E-state index in [0.717, 1.165) is 18.1 Å². The summed E-state index contributed by atoms with van der Waals surface area (Å²) in [7, 11) is 0. The van der Waals surface area contributed by atoms with E-state index in [0.29, 0.717) is 11.5 Å². The van der Waals surface area contributed by atoms with E-state index in [1.807, 2.05) is 0 Å². The van der Waals surface area contributed by atoms with Crippen molar-refractivity contribution in [2.45, 2.75) is 32.6 Å². The Kier molecular flexibility index (Phi) is 3.01. The van der Waals surface area contributed by atoms with Crippen LogP contribution in [0.15, 0.2) is 23.3 Å². The number of aromatic hydroxyl groups is 1. The first-order valence-corrected chi connectivity index (χ1v) is 6.80. The summed E-state index contributed by atoms with van der Waals surface area (Å²) >= 11 is 0. The number of nitrogens with zero attached hydrogens (tertiary/aromatic N) is 1. The molecular formula is C15H18N2O2. The summed E-state index contributed by atoms with van der Waals surface area (Å²) in [6.07, 6.45) is 4.75. The number of rotatable bonds is 2. The maximum Gasteiger partial charge on any atom is 0.275 e. The van der Waals surface area contributed by atoms with Crippen LogP contribution >= 0.6 is 0 Å². The average molecular weight is 258 g/mol. The molecule has 2 fully saturated rings. The number of para-hydroxylation sites is 1. The van der Waals surface area contributed by atoms with Gasteiger partial charge in [-0.2, -0.15) is 5.10 Å². The molecule has 2 atom stereocenters. The number of benzene rings is 1. The molecule has 2 N–H and O–H groups in total. The zero-order valence-electron chi connectivity index (χ0n) is 11.0. The van der Waals surface area contributed by atoms with Crippen molar-refractivity contribution in [3.63, 3.8) is 0 Å². The Labute approximate surface area is 112 Å². The highest BCUT2D eigenvalue weighted by Crippen LogP contribution is 2.42. The van der Waals surface area contributed by atoms with Gasteiger partial charge in [-0.1, -0.05) is 12.1 Å². The highest BCUT2D eigenvalue weighted by Gasteiger charge is 2.36. The summed E-state index contributed by atoms with van der Waals surface area (Å²) in [6, 6.07) is 5.14. The number of carbonyl (C=O) groups is 1. The van der Waals surface area contributed by atoms with Crippen LogP contribution < -0.4 is 5.43 Å². The van der Waals surface area contributed by atoms with Gasteiger partial charge in [0.15, 0.2) is 0 Å². The molecule has 1 amide bonds. The molecule has 0 spiro atoms. The Hall–Kier alpha value is -1.84. The Balaban J connectivity index is 1.72. The van der Waals surface area contributed by atoms with Gasteiger partial charge in [0.2, 0.25) is 0 Å². The number of hydrogen-bond acceptors (Lipinski definition) is 3. The van der Waals surface area contributed by atoms with Crippen molar-refractivity contribution in [2.75, 3.05) is 0 Å². The normalized spacial score (nSPS) is 26.9. The lowest BCUT2D eigenvalue weighted by Crippen LogP contribution is -2.22. The zero-order valence-corrected chi connectivity index (χ0v) is 11.0. The van der Waals surface area contributed by atoms with Crippen LogP contribution in [0.1, 0.15) is 41.6 Å². The molecule has 1 aromatic carbocycles. The molecule has 0 heterocycles. The molecule has 0 aliphatic heterocycles. The monoisotopic (exact) mass is 258 g/mol. The summed E-state index contributed by atoms with van der Waals surface area (Å²) in [6.45, 7) is 1.77. The van der Waals surface area contributed by atoms with Crippen LogP contribution in [0.2, 0.25) is 0 Å². The molecule has 0 radical (unpaired) electrons. The minimum atomic E-state index is -0.337. The third-order valence-corrected chi connectivity index (χ3v) is 4.29. The van der Waals surface area contributed by atoms with Gasteiger partial charge in [0.05, 0.1) is 5.56 Å². The number of fused-ring (bicyclic) bond motifs is 2. The highest BCUT2D eigenvalue weighted by molar-refractivity contribution is 5.98. The fraction of sp³-hybridized carbons (Fsp3) is 0.467. The second kappa shape index (κ2) is 4.68. The number of carbonyl (C=O) groups excluding carboxylic acids is 1. The van der Waals surface area contributed by atoms with Gasteiger partial charge in [0.25, 0.3) is 5.91 Å². The van der Waals surface area contributed by atoms with Crippen LogP contribution in [0.3, 0.4) is 0 Å². The average Bonchev–Trinajstić information content (AvgIpc) is 3.01. The second-order valence-corrected chi connectivity index (χ2v) is 5.60. The molecule has 4 heteroatoms. The second-order valence-electron chi connectivity index (χ2n) is 5.60. The van der Waals surface area contributed by atoms with Crippen molar-refractivity contribution in [2.24, 2.45) is 16.9 Å². The van der Waals surface area contributed by atoms with E-state index < -0.39 is 0 Å². The summed E-state index contributed by atoms with van der Waals surface area (Å²) in [5.41, 5.74) is 4.68. The number of phenols is 1. The van der Waals surface area contributed by atoms with Gasteiger partial charge in [-0.25, -0.2) is 5.43 Å². The van der Waals surface area contributed by atoms with Gasteiger partial charge in [0.1, 0.15) is 5.75 Å². The van der Waals surface area contributed by atoms with E-state index in [1.165, 1.54) is 19.3 Å². The van der Waals surface area contributed by atoms with E-state index in [9.17, 15) is 9.90 Å². The van der Waals surface area contributed by atoms with E-state index in [4.69, 9.17) is 0 Å². The van der Waals surface area contributed by atoms with Crippen molar-refractivity contribution in [3.8, 4) is 5.75 Å². The van der Waals surface area contributed by atoms with Crippen molar-refractivity contribution in [1.82, 2.24) is 5.43 Å². The third kappa shape index (κ3) is 2.23. The molecule has 19 heavy (non-hydrogen) atoms. The molecule has 2 bridgehead atoms. The molecule has 2 aliphatic carbocycles. The molecule has 1 aromatic rings. The summed E-state index contributed by atoms with van der Waals surface area (Å²) < 4.78 is 0. The fourth-order valence-corrected chi connectivity index (χ4v) is 3.19. The number of aryl methyl sites for hydroxylation is 1. The Morgan fingerprint density at radius 3 is 2.95 bits per heavy atom. The minimum absolute atomic E-state index is 0.0353. The molecule has 100 valence electrons. The Morgan fingerprint density at radius 1 is 1.42 bits per heavy atom. The van der Waals surface area contributed by atoms with Crippen molar-refractivity contribution >= 4 is 11.6 Å². The number of nitrogens with one attached hydrogen (secondary N) is 1. The van der Waals surface area contributed by atoms with Gasteiger partial charge in [-0.3, -0.25) is 4.79 Å². The van der Waals surface area contributed by atoms with Gasteiger partial charge in [0, 0.05) is 5.71 Å². The van der Waals surface area contributed by atoms with Crippen molar-refractivity contribution in [1.29, 1.82) is 0 Å². The van der Waals surface area contributed by atoms with Crippen LogP contribution in [0.4, 0.5) is 0 Å². The maximum atomic E-state index is 12.0. The maximum absolute atomic E-state index is 12.0.